The molecule has 244 valence electrons. The summed E-state index contributed by atoms with van der Waals surface area (Å²) in [6, 6.07) is 13.7. The molecule has 10 nitrogen and oxygen atoms in total. The highest BCUT2D eigenvalue weighted by Gasteiger charge is 2.41. The van der Waals surface area contributed by atoms with Gasteiger partial charge in [-0.1, -0.05) is 59.6 Å². The number of carboxylic acid groups (broad SMARTS) is 1. The second-order valence-corrected chi connectivity index (χ2v) is 13.2. The lowest BCUT2D eigenvalue weighted by molar-refractivity contribution is -0.148. The number of carboxylic acids is 1. The highest BCUT2D eigenvalue weighted by Crippen LogP contribution is 2.47. The first-order chi connectivity index (χ1) is 22.7. The zero-order valence-electron chi connectivity index (χ0n) is 26.3. The van der Waals surface area contributed by atoms with E-state index in [-0.39, 0.29) is 24.1 Å². The summed E-state index contributed by atoms with van der Waals surface area (Å²) in [6.45, 7) is 4.15. The van der Waals surface area contributed by atoms with Crippen LogP contribution >= 0.6 is 23.2 Å². The first-order valence-corrected chi connectivity index (χ1v) is 16.4. The van der Waals surface area contributed by atoms with Gasteiger partial charge in [0.05, 0.1) is 53.9 Å². The maximum atomic E-state index is 11.4. The zero-order valence-corrected chi connectivity index (χ0v) is 27.8. The van der Waals surface area contributed by atoms with E-state index in [1.807, 2.05) is 43.3 Å². The fraction of sp³-hybridized carbons (Fsp3) is 0.371. The van der Waals surface area contributed by atoms with Crippen LogP contribution in [0.5, 0.6) is 11.8 Å². The third-order valence-corrected chi connectivity index (χ3v) is 10.6. The van der Waals surface area contributed by atoms with Gasteiger partial charge in [-0.25, -0.2) is 9.97 Å². The third kappa shape index (κ3) is 5.62. The van der Waals surface area contributed by atoms with Crippen LogP contribution in [0.25, 0.3) is 33.6 Å². The number of hydrogen-bond acceptors (Lipinski definition) is 9. The van der Waals surface area contributed by atoms with Gasteiger partial charge in [-0.15, -0.1) is 0 Å². The highest BCUT2D eigenvalue weighted by atomic mass is 35.5. The van der Waals surface area contributed by atoms with Crippen LogP contribution < -0.4 is 9.47 Å². The highest BCUT2D eigenvalue weighted by molar-refractivity contribution is 6.39. The summed E-state index contributed by atoms with van der Waals surface area (Å²) >= 11 is 14.2. The Bertz CT molecular complexity index is 1870. The minimum absolute atomic E-state index is 0.0525. The number of aliphatic hydroxyl groups excluding tert-OH is 1. The van der Waals surface area contributed by atoms with Gasteiger partial charge in [-0.2, -0.15) is 0 Å². The van der Waals surface area contributed by atoms with Crippen molar-refractivity contribution >= 4 is 29.2 Å². The van der Waals surface area contributed by atoms with Crippen LogP contribution in [0.15, 0.2) is 48.7 Å². The van der Waals surface area contributed by atoms with Crippen molar-refractivity contribution in [3.63, 3.8) is 0 Å². The van der Waals surface area contributed by atoms with Crippen LogP contribution in [0.1, 0.15) is 36.2 Å². The van der Waals surface area contributed by atoms with Gasteiger partial charge >= 0.3 is 5.97 Å². The van der Waals surface area contributed by atoms with E-state index in [1.165, 1.54) is 0 Å². The number of aromatic nitrogens is 3. The number of aryl methyl sites for hydroxylation is 1. The minimum atomic E-state index is -0.750. The van der Waals surface area contributed by atoms with Crippen LogP contribution in [-0.4, -0.2) is 86.9 Å². The van der Waals surface area contributed by atoms with Gasteiger partial charge in [0.25, 0.3) is 0 Å². The second kappa shape index (κ2) is 12.7. The molecule has 0 amide bonds. The number of pyridine rings is 1. The van der Waals surface area contributed by atoms with Gasteiger partial charge in [-0.05, 0) is 31.4 Å². The van der Waals surface area contributed by atoms with Gasteiger partial charge in [0.15, 0.2) is 0 Å². The Hall–Kier alpha value is -3.80. The average Bonchev–Trinajstić information content (AvgIpc) is 3.47. The molecule has 2 aromatic heterocycles. The second-order valence-electron chi connectivity index (χ2n) is 12.4. The number of hydrogen-bond donors (Lipinski definition) is 2. The molecule has 2 saturated heterocycles. The Labute approximate surface area is 282 Å². The molecule has 0 radical (unpaired) electrons. The molecule has 0 spiro atoms. The van der Waals surface area contributed by atoms with Crippen molar-refractivity contribution in [2.75, 3.05) is 33.9 Å². The molecular formula is C35H35Cl2N5O5. The fourth-order valence-electron chi connectivity index (χ4n) is 6.90. The molecule has 2 aromatic carbocycles. The van der Waals surface area contributed by atoms with Gasteiger partial charge in [0, 0.05) is 66.1 Å². The summed E-state index contributed by atoms with van der Waals surface area (Å²) in [5.41, 5.74) is 7.05. The van der Waals surface area contributed by atoms with E-state index in [2.05, 4.69) is 20.9 Å². The molecule has 12 heteroatoms. The predicted octanol–water partition coefficient (Wildman–Crippen LogP) is 5.77. The van der Waals surface area contributed by atoms with Crippen LogP contribution in [0.3, 0.4) is 0 Å². The molecule has 0 bridgehead atoms. The molecular weight excluding hydrogens is 641 g/mol. The normalized spacial score (nSPS) is 21.2. The molecule has 3 aliphatic rings. The van der Waals surface area contributed by atoms with Gasteiger partial charge in [0.2, 0.25) is 11.8 Å². The average molecular weight is 677 g/mol. The monoisotopic (exact) mass is 675 g/mol. The maximum absolute atomic E-state index is 11.4. The Morgan fingerprint density at radius 3 is 2.15 bits per heavy atom. The van der Waals surface area contributed by atoms with E-state index in [4.69, 9.17) is 42.6 Å². The summed E-state index contributed by atoms with van der Waals surface area (Å²) in [4.78, 5) is 30.0. The topological polar surface area (TPSA) is 121 Å². The van der Waals surface area contributed by atoms with Crippen molar-refractivity contribution < 1.29 is 24.5 Å². The number of aliphatic carboxylic acids is 1. The summed E-state index contributed by atoms with van der Waals surface area (Å²) in [5, 5.41) is 20.2. The number of nitrogens with zero attached hydrogens (tertiary/aromatic N) is 5. The van der Waals surface area contributed by atoms with Crippen molar-refractivity contribution in [1.82, 2.24) is 24.8 Å². The van der Waals surface area contributed by atoms with Crippen LogP contribution in [0.2, 0.25) is 10.0 Å². The van der Waals surface area contributed by atoms with E-state index in [1.54, 1.807) is 20.4 Å². The molecule has 2 fully saturated rings. The van der Waals surface area contributed by atoms with Crippen LogP contribution in [0, 0.1) is 5.92 Å². The van der Waals surface area contributed by atoms with Crippen molar-refractivity contribution in [2.24, 2.45) is 5.92 Å². The first-order valence-electron chi connectivity index (χ1n) is 15.6. The van der Waals surface area contributed by atoms with Crippen molar-refractivity contribution in [3.05, 3.63) is 75.5 Å². The molecule has 0 saturated carbocycles. The number of benzene rings is 2. The maximum Gasteiger partial charge on any atom is 0.309 e. The summed E-state index contributed by atoms with van der Waals surface area (Å²) in [7, 11) is 3.18. The standard InChI is InChI=1S/C35H35Cl2N5O5/c1-18-29(43)17-41(18)16-27-33(46-2)40-26(13-38-27)24-9-5-7-22(32(24)37)21-6-4-8-23(31(21)36)25-12-19-10-11-28(30(19)34(39-25)47-3)42-14-20(15-42)35(44)45/h4-9,12-13,18,20,28-29,43H,10-11,14-17H2,1-3H3,(H,44,45). The lowest BCUT2D eigenvalue weighted by Gasteiger charge is -2.43. The lowest BCUT2D eigenvalue weighted by atomic mass is 9.95. The Kier molecular flexibility index (Phi) is 8.57. The molecule has 4 aromatic rings. The predicted molar refractivity (Wildman–Crippen MR) is 179 cm³/mol. The van der Waals surface area contributed by atoms with Gasteiger partial charge in [-0.3, -0.25) is 19.6 Å². The lowest BCUT2D eigenvalue weighted by Crippen LogP contribution is -2.57. The Morgan fingerprint density at radius 1 is 0.936 bits per heavy atom. The molecule has 7 rings (SSSR count). The number of likely N-dealkylation sites (tertiary alicyclic amines) is 2. The number of halogens is 2. The van der Waals surface area contributed by atoms with E-state index in [0.717, 1.165) is 40.7 Å². The molecule has 2 aliphatic heterocycles. The van der Waals surface area contributed by atoms with Crippen molar-refractivity contribution in [2.45, 2.75) is 44.5 Å². The molecule has 2 N–H and O–H groups in total. The van der Waals surface area contributed by atoms with Crippen molar-refractivity contribution in [1.29, 1.82) is 0 Å². The number of fused-ring (bicyclic) bond motifs is 1. The van der Waals surface area contributed by atoms with Gasteiger partial charge in [0.1, 0.15) is 5.69 Å². The summed E-state index contributed by atoms with van der Waals surface area (Å²) < 4.78 is 11.4. The Morgan fingerprint density at radius 2 is 1.55 bits per heavy atom. The molecule has 1 aliphatic carbocycles. The van der Waals surface area contributed by atoms with Crippen molar-refractivity contribution in [3.8, 4) is 45.4 Å². The number of methoxy groups -OCH3 is 2. The van der Waals surface area contributed by atoms with E-state index in [0.29, 0.717) is 70.6 Å². The summed E-state index contributed by atoms with van der Waals surface area (Å²) in [5.74, 6) is -0.129. The smallest absolute Gasteiger partial charge is 0.309 e. The van der Waals surface area contributed by atoms with Crippen LogP contribution in [0.4, 0.5) is 0 Å². The SMILES string of the molecule is COc1nc(-c2cccc(-c3cccc(-c4cc5c(c(OC)n4)C(N4CC(C(=O)O)C4)CC5)c3Cl)c2Cl)cnc1CN1CC(O)C1C. The largest absolute Gasteiger partial charge is 0.481 e. The van der Waals surface area contributed by atoms with E-state index >= 15 is 0 Å². The number of rotatable bonds is 9. The molecule has 47 heavy (non-hydrogen) atoms. The van der Waals surface area contributed by atoms with E-state index < -0.39 is 5.97 Å². The molecule has 4 heterocycles. The van der Waals surface area contributed by atoms with E-state index in [9.17, 15) is 15.0 Å². The number of carbonyl (C=O) groups is 1. The third-order valence-electron chi connectivity index (χ3n) is 9.77. The number of aliphatic hydroxyl groups is 1. The first kappa shape index (κ1) is 31.8. The Balaban J connectivity index is 1.19. The summed E-state index contributed by atoms with van der Waals surface area (Å²) in [6.07, 6.45) is 3.08. The molecule has 3 unspecified atom stereocenters. The fourth-order valence-corrected chi connectivity index (χ4v) is 7.55. The zero-order chi connectivity index (χ0) is 33.0. The van der Waals surface area contributed by atoms with Crippen LogP contribution in [-0.2, 0) is 17.8 Å². The van der Waals surface area contributed by atoms with Gasteiger partial charge < -0.3 is 19.7 Å². The number of ether oxygens (including phenoxy) is 2. The molecule has 3 atom stereocenters. The minimum Gasteiger partial charge on any atom is -0.481 e. The quantitative estimate of drug-likeness (QED) is 0.226. The number of β-amino-alcohol motifs (C(OH)–C–C–N with tert-alkyl or cyclic N) is 1.